The summed E-state index contributed by atoms with van der Waals surface area (Å²) in [5.74, 6) is -0.676. The first-order valence-corrected chi connectivity index (χ1v) is 9.27. The van der Waals surface area contributed by atoms with E-state index in [0.29, 0.717) is 13.0 Å². The van der Waals surface area contributed by atoms with E-state index in [-0.39, 0.29) is 45.3 Å². The minimum Gasteiger partial charge on any atom is -0.424 e. The number of carbonyl (C=O) groups excluding carboxylic acids is 3. The molecule has 26 heavy (non-hydrogen) atoms. The second-order valence-electron chi connectivity index (χ2n) is 6.84. The van der Waals surface area contributed by atoms with Gasteiger partial charge >= 0.3 is 5.97 Å². The maximum absolute atomic E-state index is 12.8. The summed E-state index contributed by atoms with van der Waals surface area (Å²) in [5, 5.41) is 3.39. The molecule has 1 aliphatic carbocycles. The Hall–Kier alpha value is -1.79. The van der Waals surface area contributed by atoms with Crippen molar-refractivity contribution in [3.05, 3.63) is 27.7 Å². The molecule has 2 aliphatic heterocycles. The fourth-order valence-electron chi connectivity index (χ4n) is 3.90. The van der Waals surface area contributed by atoms with Crippen molar-refractivity contribution in [1.29, 1.82) is 0 Å². The van der Waals surface area contributed by atoms with Gasteiger partial charge in [0.15, 0.2) is 5.75 Å². The Kier molecular flexibility index (Phi) is 5.44. The quantitative estimate of drug-likeness (QED) is 0.626. The zero-order valence-corrected chi connectivity index (χ0v) is 16.1. The predicted octanol–water partition coefficient (Wildman–Crippen LogP) is 3.05. The summed E-state index contributed by atoms with van der Waals surface area (Å²) in [4.78, 5) is 37.8. The molecular formula is C18H20Cl2N2O4. The Morgan fingerprint density at radius 1 is 1.19 bits per heavy atom. The number of nitrogens with zero attached hydrogens (tertiary/aromatic N) is 1. The molecule has 2 heterocycles. The number of esters is 1. The Bertz CT molecular complexity index is 768. The van der Waals surface area contributed by atoms with Crippen LogP contribution >= 0.6 is 23.2 Å². The molecular weight excluding hydrogens is 379 g/mol. The van der Waals surface area contributed by atoms with E-state index >= 15 is 0 Å². The second kappa shape index (κ2) is 7.45. The molecule has 0 aromatic heterocycles. The number of fused-ring (bicyclic) bond motifs is 3. The highest BCUT2D eigenvalue weighted by Gasteiger charge is 2.42. The van der Waals surface area contributed by atoms with Gasteiger partial charge in [-0.3, -0.25) is 14.4 Å². The average molecular weight is 399 g/mol. The van der Waals surface area contributed by atoms with Crippen LogP contribution in [0.2, 0.25) is 10.0 Å². The lowest BCUT2D eigenvalue weighted by molar-refractivity contribution is -0.137. The lowest BCUT2D eigenvalue weighted by Gasteiger charge is -2.49. The molecule has 3 atom stereocenters. The summed E-state index contributed by atoms with van der Waals surface area (Å²) in [6, 6.07) is 2.97. The van der Waals surface area contributed by atoms with Crippen molar-refractivity contribution in [2.24, 2.45) is 5.92 Å². The number of halogens is 2. The number of carbonyl (C=O) groups is 3. The molecule has 3 fully saturated rings. The van der Waals surface area contributed by atoms with Gasteiger partial charge < -0.3 is 15.0 Å². The van der Waals surface area contributed by atoms with Gasteiger partial charge in [0.1, 0.15) is 0 Å². The van der Waals surface area contributed by atoms with Gasteiger partial charge in [-0.1, -0.05) is 23.2 Å². The minimum atomic E-state index is -0.572. The molecule has 6 nitrogen and oxygen atoms in total. The number of hydrogen-bond donors (Lipinski definition) is 1. The molecule has 140 valence electrons. The van der Waals surface area contributed by atoms with Crippen LogP contribution in [0, 0.1) is 5.92 Å². The van der Waals surface area contributed by atoms with Crippen LogP contribution in [-0.2, 0) is 9.59 Å². The van der Waals surface area contributed by atoms with Gasteiger partial charge in [0.2, 0.25) is 5.91 Å². The highest BCUT2D eigenvalue weighted by Crippen LogP contribution is 2.37. The topological polar surface area (TPSA) is 75.7 Å². The van der Waals surface area contributed by atoms with E-state index in [9.17, 15) is 14.4 Å². The third-order valence-corrected chi connectivity index (χ3v) is 5.56. The molecule has 2 amide bonds. The standard InChI is InChI=1S/C18H20Cl2N2O4/c1-9(23)22-8-11-3-4-13(22)7-16(11)21-18(25)14-5-12(19)6-15(20)17(14)26-10(2)24/h5-6,11,13,16H,3-4,7-8H2,1-2H3,(H,21,25)/t11-,13-,16-/m1/s1. The van der Waals surface area contributed by atoms with E-state index in [1.165, 1.54) is 19.1 Å². The van der Waals surface area contributed by atoms with Crippen molar-refractivity contribution in [2.75, 3.05) is 6.54 Å². The van der Waals surface area contributed by atoms with Crippen molar-refractivity contribution in [3.8, 4) is 5.75 Å². The normalized spacial score (nSPS) is 24.3. The van der Waals surface area contributed by atoms with Gasteiger partial charge in [0, 0.05) is 37.5 Å². The summed E-state index contributed by atoms with van der Waals surface area (Å²) in [5.41, 5.74) is 0.127. The Morgan fingerprint density at radius 3 is 2.50 bits per heavy atom. The fraction of sp³-hybridized carbons (Fsp3) is 0.500. The van der Waals surface area contributed by atoms with Crippen LogP contribution in [0.25, 0.3) is 0 Å². The summed E-state index contributed by atoms with van der Waals surface area (Å²) >= 11 is 12.1. The predicted molar refractivity (Wildman–Crippen MR) is 97.5 cm³/mol. The Labute approximate surface area is 161 Å². The Balaban J connectivity index is 1.79. The van der Waals surface area contributed by atoms with Crippen molar-refractivity contribution in [1.82, 2.24) is 10.2 Å². The summed E-state index contributed by atoms with van der Waals surface area (Å²) < 4.78 is 5.11. The van der Waals surface area contributed by atoms with Gasteiger partial charge in [-0.15, -0.1) is 0 Å². The van der Waals surface area contributed by atoms with Crippen LogP contribution in [0.4, 0.5) is 0 Å². The molecule has 4 rings (SSSR count). The largest absolute Gasteiger partial charge is 0.424 e. The molecule has 0 spiro atoms. The molecule has 0 unspecified atom stereocenters. The highest BCUT2D eigenvalue weighted by atomic mass is 35.5. The molecule has 1 N–H and O–H groups in total. The fourth-order valence-corrected chi connectivity index (χ4v) is 4.43. The molecule has 1 saturated carbocycles. The van der Waals surface area contributed by atoms with E-state index in [0.717, 1.165) is 12.8 Å². The van der Waals surface area contributed by atoms with Crippen LogP contribution in [0.15, 0.2) is 12.1 Å². The summed E-state index contributed by atoms with van der Waals surface area (Å²) in [6.45, 7) is 3.47. The molecule has 8 heteroatoms. The van der Waals surface area contributed by atoms with Crippen molar-refractivity contribution in [3.63, 3.8) is 0 Å². The smallest absolute Gasteiger partial charge is 0.308 e. The van der Waals surface area contributed by atoms with Crippen molar-refractivity contribution in [2.45, 2.75) is 45.2 Å². The summed E-state index contributed by atoms with van der Waals surface area (Å²) in [6.07, 6.45) is 2.64. The van der Waals surface area contributed by atoms with E-state index in [1.54, 1.807) is 6.92 Å². The number of benzene rings is 1. The molecule has 1 aromatic carbocycles. The van der Waals surface area contributed by atoms with Crippen LogP contribution in [0.5, 0.6) is 5.75 Å². The number of piperidine rings is 2. The van der Waals surface area contributed by atoms with Crippen LogP contribution < -0.4 is 10.1 Å². The first kappa shape index (κ1) is 19.0. The second-order valence-corrected chi connectivity index (χ2v) is 7.68. The third kappa shape index (κ3) is 3.81. The number of hydrogen-bond acceptors (Lipinski definition) is 4. The molecule has 2 bridgehead atoms. The molecule has 3 aliphatic rings. The zero-order valence-electron chi connectivity index (χ0n) is 14.6. The van der Waals surface area contributed by atoms with Crippen LogP contribution in [0.3, 0.4) is 0 Å². The molecule has 0 radical (unpaired) electrons. The van der Waals surface area contributed by atoms with E-state index in [2.05, 4.69) is 5.32 Å². The Morgan fingerprint density at radius 2 is 1.92 bits per heavy atom. The van der Waals surface area contributed by atoms with Gasteiger partial charge in [-0.2, -0.15) is 0 Å². The SMILES string of the molecule is CC(=O)Oc1c(Cl)cc(Cl)cc1C(=O)N[C@@H]1C[C@H]2CC[C@@H]1CN2C(C)=O. The zero-order chi connectivity index (χ0) is 19.0. The van der Waals surface area contributed by atoms with Gasteiger partial charge in [-0.25, -0.2) is 0 Å². The van der Waals surface area contributed by atoms with E-state index < -0.39 is 11.9 Å². The lowest BCUT2D eigenvalue weighted by atomic mass is 9.76. The number of amides is 2. The number of rotatable bonds is 3. The minimum absolute atomic E-state index is 0.00685. The number of nitrogens with one attached hydrogen (secondary N) is 1. The highest BCUT2D eigenvalue weighted by molar-refractivity contribution is 6.36. The van der Waals surface area contributed by atoms with Gasteiger partial charge in [0.05, 0.1) is 10.6 Å². The monoisotopic (exact) mass is 398 g/mol. The van der Waals surface area contributed by atoms with Crippen molar-refractivity contribution < 1.29 is 19.1 Å². The summed E-state index contributed by atoms with van der Waals surface area (Å²) in [7, 11) is 0. The average Bonchev–Trinajstić information content (AvgIpc) is 2.57. The number of ether oxygens (including phenoxy) is 1. The van der Waals surface area contributed by atoms with Gasteiger partial charge in [0.25, 0.3) is 5.91 Å². The first-order valence-electron chi connectivity index (χ1n) is 8.51. The van der Waals surface area contributed by atoms with Gasteiger partial charge in [-0.05, 0) is 37.3 Å². The lowest BCUT2D eigenvalue weighted by Crippen LogP contribution is -2.59. The van der Waals surface area contributed by atoms with Crippen LogP contribution in [-0.4, -0.2) is 41.3 Å². The van der Waals surface area contributed by atoms with Crippen molar-refractivity contribution >= 4 is 41.0 Å². The van der Waals surface area contributed by atoms with E-state index in [4.69, 9.17) is 27.9 Å². The van der Waals surface area contributed by atoms with Crippen LogP contribution in [0.1, 0.15) is 43.5 Å². The van der Waals surface area contributed by atoms with E-state index in [1.807, 2.05) is 4.90 Å². The third-order valence-electron chi connectivity index (χ3n) is 5.06. The molecule has 1 aromatic rings. The molecule has 2 saturated heterocycles. The maximum atomic E-state index is 12.8. The first-order chi connectivity index (χ1) is 12.3. The maximum Gasteiger partial charge on any atom is 0.308 e.